The third-order valence-electron chi connectivity index (χ3n) is 2.90. The van der Waals surface area contributed by atoms with Crippen molar-refractivity contribution in [1.29, 1.82) is 0 Å². The molecule has 1 aromatic rings. The number of hydrogen-bond donors (Lipinski definition) is 2. The number of amides is 2. The van der Waals surface area contributed by atoms with E-state index >= 15 is 0 Å². The van der Waals surface area contributed by atoms with Crippen LogP contribution in [0.2, 0.25) is 0 Å². The number of urea groups is 1. The van der Waals surface area contributed by atoms with Gasteiger partial charge in [-0.1, -0.05) is 18.2 Å². The normalized spacial score (nSPS) is 11.8. The standard InChI is InChI=1S/C14H20N2O4/c1-4-16(12-8-6-5-7-10(12)2)14(19)15-11(9-20-3)13(17)18/h5-8,11H,4,9H2,1-3H3,(H,15,19)(H,17,18). The minimum absolute atomic E-state index is 0.0770. The van der Waals surface area contributed by atoms with Gasteiger partial charge in [0.15, 0.2) is 6.04 Å². The molecule has 0 aliphatic heterocycles. The number of aryl methyl sites for hydroxylation is 1. The van der Waals surface area contributed by atoms with Gasteiger partial charge >= 0.3 is 12.0 Å². The molecule has 0 aromatic heterocycles. The highest BCUT2D eigenvalue weighted by atomic mass is 16.5. The molecule has 6 heteroatoms. The zero-order valence-corrected chi connectivity index (χ0v) is 11.9. The molecule has 0 saturated heterocycles. The molecule has 0 radical (unpaired) electrons. The first-order valence-electron chi connectivity index (χ1n) is 6.36. The summed E-state index contributed by atoms with van der Waals surface area (Å²) in [7, 11) is 1.39. The highest BCUT2D eigenvalue weighted by Gasteiger charge is 2.23. The van der Waals surface area contributed by atoms with E-state index in [1.165, 1.54) is 12.0 Å². The van der Waals surface area contributed by atoms with Crippen LogP contribution in [0.3, 0.4) is 0 Å². The molecule has 0 aliphatic carbocycles. The largest absolute Gasteiger partial charge is 0.480 e. The fourth-order valence-electron chi connectivity index (χ4n) is 1.86. The summed E-state index contributed by atoms with van der Waals surface area (Å²) in [6.45, 7) is 4.09. The molecule has 1 rings (SSSR count). The highest BCUT2D eigenvalue weighted by molar-refractivity contribution is 5.95. The van der Waals surface area contributed by atoms with Gasteiger partial charge in [-0.3, -0.25) is 4.90 Å². The lowest BCUT2D eigenvalue weighted by molar-refractivity contribution is -0.140. The van der Waals surface area contributed by atoms with Crippen molar-refractivity contribution >= 4 is 17.7 Å². The predicted octanol–water partition coefficient (Wildman–Crippen LogP) is 1.63. The number of benzene rings is 1. The SMILES string of the molecule is CCN(C(=O)NC(COC)C(=O)O)c1ccccc1C. The van der Waals surface area contributed by atoms with Crippen molar-refractivity contribution in [3.63, 3.8) is 0 Å². The quantitative estimate of drug-likeness (QED) is 0.830. The maximum Gasteiger partial charge on any atom is 0.328 e. The fourth-order valence-corrected chi connectivity index (χ4v) is 1.86. The van der Waals surface area contributed by atoms with Crippen molar-refractivity contribution in [2.24, 2.45) is 0 Å². The lowest BCUT2D eigenvalue weighted by atomic mass is 10.2. The van der Waals surface area contributed by atoms with E-state index in [0.29, 0.717) is 6.54 Å². The first-order chi connectivity index (χ1) is 9.51. The van der Waals surface area contributed by atoms with E-state index in [-0.39, 0.29) is 6.61 Å². The number of rotatable bonds is 6. The summed E-state index contributed by atoms with van der Waals surface area (Å²) in [4.78, 5) is 24.7. The number of hydrogen-bond acceptors (Lipinski definition) is 3. The molecule has 0 fully saturated rings. The van der Waals surface area contributed by atoms with Crippen LogP contribution in [0.15, 0.2) is 24.3 Å². The summed E-state index contributed by atoms with van der Waals surface area (Å²) in [6, 6.07) is 5.92. The van der Waals surface area contributed by atoms with Gasteiger partial charge in [-0.25, -0.2) is 9.59 Å². The summed E-state index contributed by atoms with van der Waals surface area (Å²) in [5, 5.41) is 11.5. The van der Waals surface area contributed by atoms with Crippen LogP contribution in [0.25, 0.3) is 0 Å². The van der Waals surface area contributed by atoms with E-state index in [9.17, 15) is 9.59 Å². The molecule has 2 N–H and O–H groups in total. The number of carboxylic acids is 1. The van der Waals surface area contributed by atoms with Crippen LogP contribution >= 0.6 is 0 Å². The Balaban J connectivity index is 2.87. The Kier molecular flexibility index (Phi) is 5.99. The second kappa shape index (κ2) is 7.49. The molecule has 0 heterocycles. The van der Waals surface area contributed by atoms with Gasteiger partial charge in [0.1, 0.15) is 0 Å². The van der Waals surface area contributed by atoms with Crippen molar-refractivity contribution < 1.29 is 19.4 Å². The smallest absolute Gasteiger partial charge is 0.328 e. The van der Waals surface area contributed by atoms with Crippen molar-refractivity contribution in [1.82, 2.24) is 5.32 Å². The number of carboxylic acid groups (broad SMARTS) is 1. The van der Waals surface area contributed by atoms with Gasteiger partial charge in [-0.15, -0.1) is 0 Å². The van der Waals surface area contributed by atoms with Crippen LogP contribution in [-0.4, -0.2) is 43.4 Å². The average molecular weight is 280 g/mol. The lowest BCUT2D eigenvalue weighted by Crippen LogP contribution is -2.50. The monoisotopic (exact) mass is 280 g/mol. The molecule has 0 bridgehead atoms. The number of methoxy groups -OCH3 is 1. The van der Waals surface area contributed by atoms with Crippen molar-refractivity contribution in [3.8, 4) is 0 Å². The van der Waals surface area contributed by atoms with Gasteiger partial charge in [-0.05, 0) is 25.5 Å². The molecule has 0 spiro atoms. The second-order valence-corrected chi connectivity index (χ2v) is 4.33. The van der Waals surface area contributed by atoms with E-state index in [1.807, 2.05) is 38.1 Å². The van der Waals surface area contributed by atoms with Gasteiger partial charge < -0.3 is 15.2 Å². The minimum Gasteiger partial charge on any atom is -0.480 e. The molecule has 1 atom stereocenters. The van der Waals surface area contributed by atoms with Crippen LogP contribution in [0, 0.1) is 6.92 Å². The minimum atomic E-state index is -1.12. The van der Waals surface area contributed by atoms with Crippen LogP contribution < -0.4 is 10.2 Å². The summed E-state index contributed by atoms with van der Waals surface area (Å²) >= 11 is 0. The molecule has 20 heavy (non-hydrogen) atoms. The van der Waals surface area contributed by atoms with Crippen LogP contribution in [0.4, 0.5) is 10.5 Å². The molecular weight excluding hydrogens is 260 g/mol. The van der Waals surface area contributed by atoms with Crippen LogP contribution in [-0.2, 0) is 9.53 Å². The van der Waals surface area contributed by atoms with E-state index < -0.39 is 18.0 Å². The van der Waals surface area contributed by atoms with Crippen LogP contribution in [0.5, 0.6) is 0 Å². The predicted molar refractivity (Wildman–Crippen MR) is 76.0 cm³/mol. The van der Waals surface area contributed by atoms with Crippen molar-refractivity contribution in [3.05, 3.63) is 29.8 Å². The Morgan fingerprint density at radius 3 is 2.55 bits per heavy atom. The first kappa shape index (κ1) is 16.0. The molecule has 110 valence electrons. The zero-order chi connectivity index (χ0) is 15.1. The van der Waals surface area contributed by atoms with Gasteiger partial charge in [0.25, 0.3) is 0 Å². The summed E-state index contributed by atoms with van der Waals surface area (Å²) in [5.41, 5.74) is 1.71. The lowest BCUT2D eigenvalue weighted by Gasteiger charge is -2.25. The van der Waals surface area contributed by atoms with E-state index in [0.717, 1.165) is 11.3 Å². The van der Waals surface area contributed by atoms with Crippen LogP contribution in [0.1, 0.15) is 12.5 Å². The van der Waals surface area contributed by atoms with Crippen molar-refractivity contribution in [2.45, 2.75) is 19.9 Å². The zero-order valence-electron chi connectivity index (χ0n) is 11.9. The second-order valence-electron chi connectivity index (χ2n) is 4.33. The Labute approximate surface area is 118 Å². The number of aliphatic carboxylic acids is 1. The summed E-state index contributed by atoms with van der Waals surface area (Å²) in [5.74, 6) is -1.12. The van der Waals surface area contributed by atoms with Gasteiger partial charge in [-0.2, -0.15) is 0 Å². The molecule has 0 saturated carbocycles. The number of anilines is 1. The van der Waals surface area contributed by atoms with Crippen molar-refractivity contribution in [2.75, 3.05) is 25.2 Å². The number of ether oxygens (including phenoxy) is 1. The molecule has 1 aromatic carbocycles. The van der Waals surface area contributed by atoms with Gasteiger partial charge in [0, 0.05) is 19.3 Å². The Morgan fingerprint density at radius 1 is 1.40 bits per heavy atom. The summed E-state index contributed by atoms with van der Waals surface area (Å²) in [6.07, 6.45) is 0. The van der Waals surface area contributed by atoms with Gasteiger partial charge in [0.2, 0.25) is 0 Å². The Hall–Kier alpha value is -2.08. The molecule has 2 amide bonds. The maximum atomic E-state index is 12.2. The maximum absolute atomic E-state index is 12.2. The topological polar surface area (TPSA) is 78.9 Å². The first-order valence-corrected chi connectivity index (χ1v) is 6.36. The third kappa shape index (κ3) is 3.96. The molecule has 1 unspecified atom stereocenters. The number of nitrogens with one attached hydrogen (secondary N) is 1. The Morgan fingerprint density at radius 2 is 2.05 bits per heavy atom. The highest BCUT2D eigenvalue weighted by Crippen LogP contribution is 2.19. The van der Waals surface area contributed by atoms with Gasteiger partial charge in [0.05, 0.1) is 6.61 Å². The number of para-hydroxylation sites is 1. The number of nitrogens with zero attached hydrogens (tertiary/aromatic N) is 1. The number of carbonyl (C=O) groups is 2. The summed E-state index contributed by atoms with van der Waals surface area (Å²) < 4.78 is 4.79. The van der Waals surface area contributed by atoms with E-state index in [4.69, 9.17) is 9.84 Å². The van der Waals surface area contributed by atoms with E-state index in [1.54, 1.807) is 0 Å². The fraction of sp³-hybridized carbons (Fsp3) is 0.429. The molecular formula is C14H20N2O4. The Bertz CT molecular complexity index is 476. The number of carbonyl (C=O) groups excluding carboxylic acids is 1. The molecule has 0 aliphatic rings. The average Bonchev–Trinajstić information content (AvgIpc) is 2.41. The molecule has 6 nitrogen and oxygen atoms in total. The van der Waals surface area contributed by atoms with E-state index in [2.05, 4.69) is 5.32 Å². The third-order valence-corrected chi connectivity index (χ3v) is 2.90.